The van der Waals surface area contributed by atoms with Crippen LogP contribution in [-0.2, 0) is 8.99 Å². The Kier molecular flexibility index (Phi) is 6.25. The van der Waals surface area contributed by atoms with Gasteiger partial charge in [-0.1, -0.05) is 57.0 Å². The van der Waals surface area contributed by atoms with Gasteiger partial charge < -0.3 is 18.8 Å². The molecule has 0 bridgehead atoms. The zero-order valence-corrected chi connectivity index (χ0v) is 22.0. The maximum atomic E-state index is 15.3. The molecular weight excluding hydrogens is 560 g/mol. The Morgan fingerprint density at radius 1 is 0.848 bits per heavy atom. The fourth-order valence-electron chi connectivity index (χ4n) is 4.36. The lowest BCUT2D eigenvalue weighted by atomic mass is 10.1. The molecule has 3 aromatic carbocycles. The van der Waals surface area contributed by atoms with Crippen LogP contribution in [0.4, 0.5) is 8.78 Å². The second-order valence-corrected chi connectivity index (χ2v) is 11.8. The van der Waals surface area contributed by atoms with Crippen LogP contribution < -0.4 is 30.1 Å². The van der Waals surface area contributed by atoms with Gasteiger partial charge in [-0.25, -0.2) is 0 Å². The van der Waals surface area contributed by atoms with Crippen LogP contribution in [0, 0.1) is 27.7 Å². The molecule has 0 aliphatic carbocycles. The van der Waals surface area contributed by atoms with Crippen LogP contribution in [-0.4, -0.2) is 13.4 Å². The fraction of sp³-hybridized carbons (Fsp3) is 0.280. The Morgan fingerprint density at radius 2 is 1.30 bits per heavy atom. The molecule has 0 radical (unpaired) electrons. The molecule has 0 saturated heterocycles. The van der Waals surface area contributed by atoms with Crippen LogP contribution in [0.2, 0.25) is 0 Å². The molecule has 0 spiro atoms. The number of hydrogen-bond donors (Lipinski definition) is 0. The first kappa shape index (κ1) is 24.0. The quantitative estimate of drug-likeness (QED) is 0.215. The Bertz CT molecular complexity index is 1210. The minimum absolute atomic E-state index is 0.0553. The van der Waals surface area contributed by atoms with E-state index in [0.717, 1.165) is 22.3 Å². The number of fused-ring (bicyclic) bond motifs is 1. The van der Waals surface area contributed by atoms with Gasteiger partial charge in [0.05, 0.1) is 7.11 Å². The third-order valence-corrected chi connectivity index (χ3v) is 9.37. The van der Waals surface area contributed by atoms with Crippen molar-refractivity contribution in [1.29, 1.82) is 0 Å². The number of benzene rings is 3. The summed E-state index contributed by atoms with van der Waals surface area (Å²) in [4.78, 5) is 0. The highest BCUT2D eigenvalue weighted by molar-refractivity contribution is 14.1. The molecule has 1 aliphatic heterocycles. The lowest BCUT2D eigenvalue weighted by Crippen LogP contribution is -2.29. The normalized spacial score (nSPS) is 14.4. The topological polar surface area (TPSA) is 44.8 Å². The predicted octanol–water partition coefficient (Wildman–Crippen LogP) is 5.82. The van der Waals surface area contributed by atoms with Gasteiger partial charge in [0.15, 0.2) is 18.6 Å². The number of halogens is 3. The standard InChI is InChI=1S/C25H24F2IO4P/c1-14-6-15(2)9-18(8-14)33(29,19-10-16(3)7-17(4)11-19)22-12-21(30-5)24-23(20(22)13-28)31-25(26,27)32-24/h6-12H,13H2,1-5H3. The van der Waals surface area contributed by atoms with Crippen molar-refractivity contribution in [2.24, 2.45) is 0 Å². The van der Waals surface area contributed by atoms with E-state index in [2.05, 4.69) is 22.6 Å². The van der Waals surface area contributed by atoms with Crippen LogP contribution >= 0.6 is 29.7 Å². The van der Waals surface area contributed by atoms with Gasteiger partial charge in [-0.15, -0.1) is 8.78 Å². The first-order chi connectivity index (χ1) is 15.5. The summed E-state index contributed by atoms with van der Waals surface area (Å²) in [6, 6.07) is 13.2. The molecule has 0 N–H and O–H groups in total. The average Bonchev–Trinajstić information content (AvgIpc) is 3.05. The largest absolute Gasteiger partial charge is 0.586 e. The molecule has 0 saturated carbocycles. The molecule has 0 amide bonds. The summed E-state index contributed by atoms with van der Waals surface area (Å²) in [7, 11) is -2.16. The molecule has 0 unspecified atom stereocenters. The van der Waals surface area contributed by atoms with Crippen LogP contribution in [0.25, 0.3) is 0 Å². The number of rotatable bonds is 5. The zero-order chi connectivity index (χ0) is 24.1. The maximum absolute atomic E-state index is 15.3. The summed E-state index contributed by atoms with van der Waals surface area (Å²) >= 11 is 2.07. The third-order valence-electron chi connectivity index (χ3n) is 5.56. The average molecular weight is 584 g/mol. The van der Waals surface area contributed by atoms with Gasteiger partial charge in [-0.05, 0) is 58.0 Å². The Hall–Kier alpha value is -2.12. The lowest BCUT2D eigenvalue weighted by molar-refractivity contribution is -0.287. The van der Waals surface area contributed by atoms with Crippen molar-refractivity contribution in [1.82, 2.24) is 0 Å². The summed E-state index contributed by atoms with van der Waals surface area (Å²) in [5.41, 5.74) is 4.26. The van der Waals surface area contributed by atoms with Gasteiger partial charge in [0.1, 0.15) is 0 Å². The van der Waals surface area contributed by atoms with Crippen molar-refractivity contribution in [2.75, 3.05) is 7.11 Å². The first-order valence-corrected chi connectivity index (χ1v) is 13.6. The van der Waals surface area contributed by atoms with E-state index in [9.17, 15) is 8.78 Å². The van der Waals surface area contributed by atoms with Crippen molar-refractivity contribution in [3.8, 4) is 17.2 Å². The molecule has 0 aromatic heterocycles. The van der Waals surface area contributed by atoms with E-state index in [4.69, 9.17) is 14.2 Å². The van der Waals surface area contributed by atoms with Gasteiger partial charge >= 0.3 is 6.29 Å². The smallest absolute Gasteiger partial charge is 0.493 e. The van der Waals surface area contributed by atoms with Crippen LogP contribution in [0.1, 0.15) is 27.8 Å². The van der Waals surface area contributed by atoms with E-state index in [1.165, 1.54) is 7.11 Å². The summed E-state index contributed by atoms with van der Waals surface area (Å²) in [6.45, 7) is 7.79. The molecule has 8 heteroatoms. The Balaban J connectivity index is 2.13. The van der Waals surface area contributed by atoms with E-state index in [-0.39, 0.29) is 17.2 Å². The van der Waals surface area contributed by atoms with Gasteiger partial charge in [0.25, 0.3) is 0 Å². The second-order valence-electron chi connectivity index (χ2n) is 8.34. The monoisotopic (exact) mass is 584 g/mol. The molecule has 4 rings (SSSR count). The van der Waals surface area contributed by atoms with Crippen molar-refractivity contribution < 1.29 is 27.6 Å². The van der Waals surface area contributed by atoms with Crippen molar-refractivity contribution >= 4 is 45.6 Å². The minimum atomic E-state index is -3.82. The molecule has 3 aromatic rings. The molecule has 1 aliphatic rings. The minimum Gasteiger partial charge on any atom is -0.493 e. The van der Waals surface area contributed by atoms with Gasteiger partial charge in [0, 0.05) is 25.9 Å². The highest BCUT2D eigenvalue weighted by atomic mass is 127. The Labute approximate surface area is 205 Å². The van der Waals surface area contributed by atoms with E-state index in [1.54, 1.807) is 6.07 Å². The fourth-order valence-corrected chi connectivity index (χ4v) is 8.67. The van der Waals surface area contributed by atoms with Gasteiger partial charge in [0.2, 0.25) is 5.75 Å². The SMILES string of the molecule is COc1cc(P(=O)(c2cc(C)cc(C)c2)c2cc(C)cc(C)c2)c(CI)c2c1OC(F)(F)O2. The highest BCUT2D eigenvalue weighted by Gasteiger charge is 2.48. The van der Waals surface area contributed by atoms with E-state index in [0.29, 0.717) is 25.9 Å². The van der Waals surface area contributed by atoms with Crippen LogP contribution in [0.3, 0.4) is 0 Å². The third kappa shape index (κ3) is 4.26. The number of ether oxygens (including phenoxy) is 3. The summed E-state index contributed by atoms with van der Waals surface area (Å²) in [5.74, 6) is -0.247. The zero-order valence-electron chi connectivity index (χ0n) is 19.0. The van der Waals surface area contributed by atoms with Crippen molar-refractivity contribution in [3.05, 3.63) is 70.3 Å². The van der Waals surface area contributed by atoms with E-state index in [1.807, 2.05) is 64.1 Å². The molecule has 1 heterocycles. The molecular formula is C25H24F2IO4P. The molecule has 0 atom stereocenters. The van der Waals surface area contributed by atoms with E-state index < -0.39 is 13.4 Å². The molecule has 174 valence electrons. The summed E-state index contributed by atoms with van der Waals surface area (Å²) in [5, 5.41) is 1.66. The van der Waals surface area contributed by atoms with Crippen LogP contribution in [0.15, 0.2) is 42.5 Å². The summed E-state index contributed by atoms with van der Waals surface area (Å²) in [6.07, 6.45) is -3.82. The molecule has 33 heavy (non-hydrogen) atoms. The van der Waals surface area contributed by atoms with Crippen LogP contribution in [0.5, 0.6) is 17.2 Å². The number of hydrogen-bond acceptors (Lipinski definition) is 4. The Morgan fingerprint density at radius 3 is 1.73 bits per heavy atom. The maximum Gasteiger partial charge on any atom is 0.586 e. The van der Waals surface area contributed by atoms with Gasteiger partial charge in [-0.3, -0.25) is 0 Å². The number of alkyl halides is 3. The van der Waals surface area contributed by atoms with Gasteiger partial charge in [-0.2, -0.15) is 0 Å². The first-order valence-electron chi connectivity index (χ1n) is 10.3. The summed E-state index contributed by atoms with van der Waals surface area (Å²) < 4.78 is 58.8. The number of aryl methyl sites for hydroxylation is 4. The lowest BCUT2D eigenvalue weighted by Gasteiger charge is -2.25. The second kappa shape index (κ2) is 8.58. The molecule has 0 fully saturated rings. The van der Waals surface area contributed by atoms with Crippen molar-refractivity contribution in [2.45, 2.75) is 38.4 Å². The molecule has 4 nitrogen and oxygen atoms in total. The van der Waals surface area contributed by atoms with E-state index >= 15 is 4.57 Å². The number of methoxy groups -OCH3 is 1. The predicted molar refractivity (Wildman–Crippen MR) is 135 cm³/mol. The van der Waals surface area contributed by atoms with Crippen molar-refractivity contribution in [3.63, 3.8) is 0 Å². The highest BCUT2D eigenvalue weighted by Crippen LogP contribution is 2.54.